The Hall–Kier alpha value is -1.14. The molecule has 1 rings (SSSR count). The van der Waals surface area contributed by atoms with E-state index in [0.717, 1.165) is 6.42 Å². The monoisotopic (exact) mass is 286 g/mol. The molecule has 1 heterocycles. The molecule has 1 aliphatic heterocycles. The summed E-state index contributed by atoms with van der Waals surface area (Å²) in [5, 5.41) is 12.8. The first kappa shape index (κ1) is 16.9. The lowest BCUT2D eigenvalue weighted by molar-refractivity contribution is -0.142. The average Bonchev–Trinajstić information content (AvgIpc) is 2.37. The number of piperidine rings is 1. The van der Waals surface area contributed by atoms with Crippen LogP contribution in [0.1, 0.15) is 27.2 Å². The van der Waals surface area contributed by atoms with Gasteiger partial charge < -0.3 is 15.2 Å². The maximum absolute atomic E-state index is 11.8. The lowest BCUT2D eigenvalue weighted by Gasteiger charge is -2.38. The van der Waals surface area contributed by atoms with E-state index >= 15 is 0 Å². The Morgan fingerprint density at radius 2 is 2.00 bits per heavy atom. The van der Waals surface area contributed by atoms with Crippen LogP contribution in [0, 0.1) is 11.8 Å². The summed E-state index contributed by atoms with van der Waals surface area (Å²) in [6.45, 7) is 6.87. The summed E-state index contributed by atoms with van der Waals surface area (Å²) < 4.78 is 4.67. The first-order valence-electron chi connectivity index (χ1n) is 7.11. The average molecular weight is 286 g/mol. The molecule has 0 spiro atoms. The topological polar surface area (TPSA) is 78.9 Å². The lowest BCUT2D eigenvalue weighted by Crippen LogP contribution is -2.54. The van der Waals surface area contributed by atoms with Crippen molar-refractivity contribution in [3.8, 4) is 0 Å². The first-order chi connectivity index (χ1) is 9.33. The van der Waals surface area contributed by atoms with Crippen LogP contribution in [0.4, 0.5) is 0 Å². The number of aliphatic hydroxyl groups is 1. The smallest absolute Gasteiger partial charge is 0.319 e. The quantitative estimate of drug-likeness (QED) is 0.696. The van der Waals surface area contributed by atoms with Gasteiger partial charge >= 0.3 is 5.97 Å². The Morgan fingerprint density at radius 1 is 1.35 bits per heavy atom. The SMILES string of the molecule is COC(=O)CN1CC(NC(=O)C(C)C)CC(C(C)O)C1. The van der Waals surface area contributed by atoms with Crippen molar-refractivity contribution < 1.29 is 19.4 Å². The summed E-state index contributed by atoms with van der Waals surface area (Å²) in [5.41, 5.74) is 0. The zero-order chi connectivity index (χ0) is 15.3. The van der Waals surface area contributed by atoms with Crippen LogP contribution < -0.4 is 5.32 Å². The Labute approximate surface area is 120 Å². The summed E-state index contributed by atoms with van der Waals surface area (Å²) >= 11 is 0. The molecule has 20 heavy (non-hydrogen) atoms. The van der Waals surface area contributed by atoms with Gasteiger partial charge in [-0.3, -0.25) is 14.5 Å². The fraction of sp³-hybridized carbons (Fsp3) is 0.857. The van der Waals surface area contributed by atoms with Gasteiger partial charge in [0.15, 0.2) is 0 Å². The molecule has 6 nitrogen and oxygen atoms in total. The Balaban J connectivity index is 2.65. The van der Waals surface area contributed by atoms with E-state index in [-0.39, 0.29) is 36.3 Å². The number of carbonyl (C=O) groups excluding carboxylic acids is 2. The van der Waals surface area contributed by atoms with Crippen LogP contribution in [0.3, 0.4) is 0 Å². The van der Waals surface area contributed by atoms with Gasteiger partial charge in [0.2, 0.25) is 5.91 Å². The highest BCUT2D eigenvalue weighted by atomic mass is 16.5. The lowest BCUT2D eigenvalue weighted by atomic mass is 9.90. The molecule has 116 valence electrons. The molecule has 1 amide bonds. The van der Waals surface area contributed by atoms with Gasteiger partial charge in [0.05, 0.1) is 19.8 Å². The predicted octanol–water partition coefficient (Wildman–Crippen LogP) is 0.00290. The second-order valence-corrected chi connectivity index (χ2v) is 5.87. The fourth-order valence-corrected chi connectivity index (χ4v) is 2.43. The van der Waals surface area contributed by atoms with E-state index < -0.39 is 6.10 Å². The van der Waals surface area contributed by atoms with Crippen LogP contribution in [0.15, 0.2) is 0 Å². The molecule has 1 fully saturated rings. The molecule has 2 N–H and O–H groups in total. The van der Waals surface area contributed by atoms with E-state index in [0.29, 0.717) is 13.1 Å². The van der Waals surface area contributed by atoms with Gasteiger partial charge in [-0.1, -0.05) is 13.8 Å². The number of hydrogen-bond donors (Lipinski definition) is 2. The van der Waals surface area contributed by atoms with Crippen LogP contribution in [0.5, 0.6) is 0 Å². The Kier molecular flexibility index (Phi) is 6.42. The molecule has 0 saturated carbocycles. The van der Waals surface area contributed by atoms with Crippen molar-refractivity contribution in [2.24, 2.45) is 11.8 Å². The number of methoxy groups -OCH3 is 1. The first-order valence-corrected chi connectivity index (χ1v) is 7.11. The number of carbonyl (C=O) groups is 2. The molecule has 3 unspecified atom stereocenters. The number of hydrogen-bond acceptors (Lipinski definition) is 5. The minimum absolute atomic E-state index is 0.000684. The molecule has 0 aromatic heterocycles. The third-order valence-electron chi connectivity index (χ3n) is 3.69. The van der Waals surface area contributed by atoms with E-state index in [1.165, 1.54) is 7.11 Å². The molecular formula is C14H26N2O4. The number of likely N-dealkylation sites (tertiary alicyclic amines) is 1. The highest BCUT2D eigenvalue weighted by Gasteiger charge is 2.31. The van der Waals surface area contributed by atoms with Gasteiger partial charge in [-0.2, -0.15) is 0 Å². The Bertz CT molecular complexity index is 344. The van der Waals surface area contributed by atoms with Crippen LogP contribution in [-0.4, -0.2) is 60.8 Å². The van der Waals surface area contributed by atoms with Crippen molar-refractivity contribution in [1.82, 2.24) is 10.2 Å². The van der Waals surface area contributed by atoms with Gasteiger partial charge in [0, 0.05) is 25.0 Å². The second kappa shape index (κ2) is 7.59. The van der Waals surface area contributed by atoms with Crippen LogP contribution >= 0.6 is 0 Å². The van der Waals surface area contributed by atoms with E-state index in [2.05, 4.69) is 10.1 Å². The summed E-state index contributed by atoms with van der Waals surface area (Å²) in [7, 11) is 1.36. The third kappa shape index (κ3) is 5.09. The van der Waals surface area contributed by atoms with E-state index in [1.807, 2.05) is 18.7 Å². The van der Waals surface area contributed by atoms with Gasteiger partial charge in [-0.05, 0) is 19.3 Å². The zero-order valence-electron chi connectivity index (χ0n) is 12.8. The molecular weight excluding hydrogens is 260 g/mol. The highest BCUT2D eigenvalue weighted by Crippen LogP contribution is 2.20. The molecule has 1 saturated heterocycles. The van der Waals surface area contributed by atoms with E-state index in [4.69, 9.17) is 0 Å². The van der Waals surface area contributed by atoms with Crippen molar-refractivity contribution in [2.45, 2.75) is 39.3 Å². The van der Waals surface area contributed by atoms with Crippen LogP contribution in [0.2, 0.25) is 0 Å². The summed E-state index contributed by atoms with van der Waals surface area (Å²) in [6.07, 6.45) is 0.266. The van der Waals surface area contributed by atoms with Crippen molar-refractivity contribution in [3.05, 3.63) is 0 Å². The summed E-state index contributed by atoms with van der Waals surface area (Å²) in [6, 6.07) is -0.0390. The number of amides is 1. The minimum Gasteiger partial charge on any atom is -0.468 e. The number of nitrogens with one attached hydrogen (secondary N) is 1. The van der Waals surface area contributed by atoms with Gasteiger partial charge in [0.1, 0.15) is 0 Å². The molecule has 0 aliphatic carbocycles. The maximum Gasteiger partial charge on any atom is 0.319 e. The van der Waals surface area contributed by atoms with E-state index in [9.17, 15) is 14.7 Å². The number of aliphatic hydroxyl groups excluding tert-OH is 1. The normalized spacial score (nSPS) is 25.3. The number of esters is 1. The van der Waals surface area contributed by atoms with Crippen molar-refractivity contribution in [3.63, 3.8) is 0 Å². The molecule has 6 heteroatoms. The molecule has 0 bridgehead atoms. The van der Waals surface area contributed by atoms with E-state index in [1.54, 1.807) is 6.92 Å². The Morgan fingerprint density at radius 3 is 2.50 bits per heavy atom. The molecule has 0 aromatic carbocycles. The minimum atomic E-state index is -0.464. The molecule has 3 atom stereocenters. The molecule has 1 aliphatic rings. The van der Waals surface area contributed by atoms with Crippen molar-refractivity contribution >= 4 is 11.9 Å². The van der Waals surface area contributed by atoms with Gasteiger partial charge in [-0.15, -0.1) is 0 Å². The van der Waals surface area contributed by atoms with Gasteiger partial charge in [0.25, 0.3) is 0 Å². The largest absolute Gasteiger partial charge is 0.468 e. The fourth-order valence-electron chi connectivity index (χ4n) is 2.43. The number of nitrogens with zero attached hydrogens (tertiary/aromatic N) is 1. The molecule has 0 aromatic rings. The third-order valence-corrected chi connectivity index (χ3v) is 3.69. The van der Waals surface area contributed by atoms with Crippen LogP contribution in [0.25, 0.3) is 0 Å². The van der Waals surface area contributed by atoms with Crippen molar-refractivity contribution in [2.75, 3.05) is 26.7 Å². The van der Waals surface area contributed by atoms with Crippen molar-refractivity contribution in [1.29, 1.82) is 0 Å². The second-order valence-electron chi connectivity index (χ2n) is 5.87. The number of rotatable bonds is 5. The summed E-state index contributed by atoms with van der Waals surface area (Å²) in [4.78, 5) is 25.1. The highest BCUT2D eigenvalue weighted by molar-refractivity contribution is 5.78. The molecule has 0 radical (unpaired) electrons. The zero-order valence-corrected chi connectivity index (χ0v) is 12.8. The maximum atomic E-state index is 11.8. The van der Waals surface area contributed by atoms with Gasteiger partial charge in [-0.25, -0.2) is 0 Å². The standard InChI is InChI=1S/C14H26N2O4/c1-9(2)14(19)15-12-5-11(10(3)17)6-16(7-12)8-13(18)20-4/h9-12,17H,5-8H2,1-4H3,(H,15,19). The predicted molar refractivity (Wildman–Crippen MR) is 75.0 cm³/mol. The summed E-state index contributed by atoms with van der Waals surface area (Å²) in [5.74, 6) is -0.328. The van der Waals surface area contributed by atoms with Crippen LogP contribution in [-0.2, 0) is 14.3 Å². The number of ether oxygens (including phenoxy) is 1.